The molecule has 0 amide bonds. The summed E-state index contributed by atoms with van der Waals surface area (Å²) in [5.41, 5.74) is 0.708. The van der Waals surface area contributed by atoms with E-state index in [-0.39, 0.29) is 5.56 Å². The van der Waals surface area contributed by atoms with Crippen LogP contribution in [0.2, 0.25) is 0 Å². The van der Waals surface area contributed by atoms with Crippen molar-refractivity contribution in [3.05, 3.63) is 23.8 Å². The second kappa shape index (κ2) is 6.14. The van der Waals surface area contributed by atoms with Gasteiger partial charge in [0.2, 0.25) is 0 Å². The van der Waals surface area contributed by atoms with Gasteiger partial charge in [0.1, 0.15) is 11.9 Å². The maximum Gasteiger partial charge on any atom is 0.339 e. The topological polar surface area (TPSA) is 78.3 Å². The van der Waals surface area contributed by atoms with E-state index in [1.807, 2.05) is 19.0 Å². The van der Waals surface area contributed by atoms with E-state index >= 15 is 0 Å². The summed E-state index contributed by atoms with van der Waals surface area (Å²) >= 11 is 0. The van der Waals surface area contributed by atoms with Gasteiger partial charge in [-0.25, -0.2) is 14.8 Å². The highest BCUT2D eigenvalue weighted by Crippen LogP contribution is 2.05. The molecule has 0 aromatic carbocycles. The molecular formula is C10H16N4O2. The molecule has 2 N–H and O–H groups in total. The van der Waals surface area contributed by atoms with E-state index in [1.54, 1.807) is 0 Å². The predicted molar refractivity (Wildman–Crippen MR) is 59.3 cm³/mol. The zero-order valence-electron chi connectivity index (χ0n) is 9.47. The molecule has 0 bridgehead atoms. The van der Waals surface area contributed by atoms with Crippen molar-refractivity contribution in [3.8, 4) is 0 Å². The van der Waals surface area contributed by atoms with E-state index < -0.39 is 5.97 Å². The summed E-state index contributed by atoms with van der Waals surface area (Å²) < 4.78 is 0. The Labute approximate surface area is 94.3 Å². The molecule has 0 spiro atoms. The molecule has 1 rings (SSSR count). The van der Waals surface area contributed by atoms with E-state index in [4.69, 9.17) is 5.11 Å². The van der Waals surface area contributed by atoms with Gasteiger partial charge < -0.3 is 10.4 Å². The summed E-state index contributed by atoms with van der Waals surface area (Å²) in [5.74, 6) is -0.988. The first kappa shape index (κ1) is 12.5. The fraction of sp³-hybridized carbons (Fsp3) is 0.500. The molecule has 0 atom stereocenters. The van der Waals surface area contributed by atoms with Gasteiger partial charge in [-0.15, -0.1) is 0 Å². The van der Waals surface area contributed by atoms with Crippen molar-refractivity contribution >= 4 is 5.97 Å². The Bertz CT molecular complexity index is 356. The standard InChI is InChI=1S/C10H16N4O2/c1-11-3-4-14(2)6-9-8(10(15)16)5-12-7-13-9/h5,7,11H,3-4,6H2,1-2H3,(H,15,16). The third-order valence-electron chi connectivity index (χ3n) is 2.19. The Hall–Kier alpha value is -1.53. The lowest BCUT2D eigenvalue weighted by Crippen LogP contribution is -2.28. The number of aromatic nitrogens is 2. The molecule has 0 saturated heterocycles. The number of carbonyl (C=O) groups is 1. The monoisotopic (exact) mass is 224 g/mol. The van der Waals surface area contributed by atoms with E-state index in [0.29, 0.717) is 12.2 Å². The lowest BCUT2D eigenvalue weighted by molar-refractivity contribution is 0.0693. The van der Waals surface area contributed by atoms with E-state index in [0.717, 1.165) is 13.1 Å². The predicted octanol–water partition coefficient (Wildman–Crippen LogP) is -0.174. The van der Waals surface area contributed by atoms with Crippen LogP contribution in [0.4, 0.5) is 0 Å². The van der Waals surface area contributed by atoms with Crippen LogP contribution >= 0.6 is 0 Å². The smallest absolute Gasteiger partial charge is 0.339 e. The summed E-state index contributed by atoms with van der Waals surface area (Å²) in [4.78, 5) is 20.6. The Balaban J connectivity index is 2.69. The van der Waals surface area contributed by atoms with Gasteiger partial charge in [0.15, 0.2) is 0 Å². The lowest BCUT2D eigenvalue weighted by Gasteiger charge is -2.16. The highest BCUT2D eigenvalue weighted by molar-refractivity contribution is 5.88. The van der Waals surface area contributed by atoms with Gasteiger partial charge in [-0.3, -0.25) is 4.90 Å². The van der Waals surface area contributed by atoms with Crippen LogP contribution in [0.25, 0.3) is 0 Å². The number of rotatable bonds is 6. The van der Waals surface area contributed by atoms with Gasteiger partial charge in [0, 0.05) is 25.8 Å². The van der Waals surface area contributed by atoms with E-state index in [1.165, 1.54) is 12.5 Å². The van der Waals surface area contributed by atoms with E-state index in [9.17, 15) is 4.79 Å². The molecule has 0 radical (unpaired) electrons. The van der Waals surface area contributed by atoms with Crippen LogP contribution in [0, 0.1) is 0 Å². The molecule has 0 fully saturated rings. The zero-order valence-corrected chi connectivity index (χ0v) is 9.47. The average molecular weight is 224 g/mol. The van der Waals surface area contributed by atoms with Gasteiger partial charge in [0.05, 0.1) is 5.69 Å². The van der Waals surface area contributed by atoms with E-state index in [2.05, 4.69) is 15.3 Å². The number of hydrogen-bond donors (Lipinski definition) is 2. The SMILES string of the molecule is CNCCN(C)Cc1ncncc1C(=O)O. The number of nitrogens with one attached hydrogen (secondary N) is 1. The fourth-order valence-corrected chi connectivity index (χ4v) is 1.30. The van der Waals surface area contributed by atoms with Gasteiger partial charge >= 0.3 is 5.97 Å². The Morgan fingerprint density at radius 2 is 2.38 bits per heavy atom. The normalized spacial score (nSPS) is 10.7. The minimum Gasteiger partial charge on any atom is -0.478 e. The van der Waals surface area contributed by atoms with Crippen LogP contribution in [0.1, 0.15) is 16.1 Å². The molecule has 0 aliphatic heterocycles. The molecule has 0 aliphatic rings. The molecule has 1 aromatic rings. The van der Waals surface area contributed by atoms with Crippen LogP contribution in [0.15, 0.2) is 12.5 Å². The van der Waals surface area contributed by atoms with Crippen molar-refractivity contribution in [2.45, 2.75) is 6.54 Å². The van der Waals surface area contributed by atoms with Gasteiger partial charge in [-0.2, -0.15) is 0 Å². The van der Waals surface area contributed by atoms with Gasteiger partial charge in [0.25, 0.3) is 0 Å². The molecule has 1 heterocycles. The number of carboxylic acids is 1. The number of hydrogen-bond acceptors (Lipinski definition) is 5. The van der Waals surface area contributed by atoms with Crippen molar-refractivity contribution < 1.29 is 9.90 Å². The minimum atomic E-state index is -0.988. The first-order valence-electron chi connectivity index (χ1n) is 5.00. The van der Waals surface area contributed by atoms with Crippen molar-refractivity contribution in [1.82, 2.24) is 20.2 Å². The molecule has 0 saturated carbocycles. The summed E-state index contributed by atoms with van der Waals surface area (Å²) in [7, 11) is 3.80. The maximum absolute atomic E-state index is 10.9. The zero-order chi connectivity index (χ0) is 12.0. The molecule has 88 valence electrons. The fourth-order valence-electron chi connectivity index (χ4n) is 1.30. The number of aromatic carboxylic acids is 1. The largest absolute Gasteiger partial charge is 0.478 e. The second-order valence-corrected chi connectivity index (χ2v) is 3.53. The first-order valence-corrected chi connectivity index (χ1v) is 5.00. The third-order valence-corrected chi connectivity index (χ3v) is 2.19. The van der Waals surface area contributed by atoms with Crippen molar-refractivity contribution in [2.75, 3.05) is 27.2 Å². The molecule has 6 nitrogen and oxygen atoms in total. The van der Waals surface area contributed by atoms with Crippen LogP contribution in [0.3, 0.4) is 0 Å². The lowest BCUT2D eigenvalue weighted by atomic mass is 10.2. The van der Waals surface area contributed by atoms with Crippen LogP contribution in [0.5, 0.6) is 0 Å². The van der Waals surface area contributed by atoms with Crippen LogP contribution in [-0.4, -0.2) is 53.1 Å². The van der Waals surface area contributed by atoms with Crippen molar-refractivity contribution in [2.24, 2.45) is 0 Å². The second-order valence-electron chi connectivity index (χ2n) is 3.53. The average Bonchev–Trinajstić information content (AvgIpc) is 2.27. The molecule has 1 aromatic heterocycles. The van der Waals surface area contributed by atoms with Crippen molar-refractivity contribution in [3.63, 3.8) is 0 Å². The third kappa shape index (κ3) is 3.56. The number of likely N-dealkylation sites (N-methyl/N-ethyl adjacent to an activating group) is 2. The molecular weight excluding hydrogens is 208 g/mol. The van der Waals surface area contributed by atoms with Crippen LogP contribution < -0.4 is 5.32 Å². The number of nitrogens with zero attached hydrogens (tertiary/aromatic N) is 3. The van der Waals surface area contributed by atoms with Crippen LogP contribution in [-0.2, 0) is 6.54 Å². The Morgan fingerprint density at radius 1 is 1.62 bits per heavy atom. The highest BCUT2D eigenvalue weighted by Gasteiger charge is 2.12. The highest BCUT2D eigenvalue weighted by atomic mass is 16.4. The summed E-state index contributed by atoms with van der Waals surface area (Å²) in [6.45, 7) is 2.19. The van der Waals surface area contributed by atoms with Gasteiger partial charge in [-0.1, -0.05) is 0 Å². The summed E-state index contributed by atoms with van der Waals surface area (Å²) in [5, 5.41) is 12.0. The summed E-state index contributed by atoms with van der Waals surface area (Å²) in [6, 6.07) is 0. The maximum atomic E-state index is 10.9. The Morgan fingerprint density at radius 3 is 3.00 bits per heavy atom. The van der Waals surface area contributed by atoms with Crippen molar-refractivity contribution in [1.29, 1.82) is 0 Å². The minimum absolute atomic E-state index is 0.166. The molecule has 0 aliphatic carbocycles. The quantitative estimate of drug-likeness (QED) is 0.698. The number of carboxylic acid groups (broad SMARTS) is 1. The first-order chi connectivity index (χ1) is 7.65. The molecule has 0 unspecified atom stereocenters. The summed E-state index contributed by atoms with van der Waals surface area (Å²) in [6.07, 6.45) is 2.70. The Kier molecular flexibility index (Phi) is 4.81. The molecule has 16 heavy (non-hydrogen) atoms. The van der Waals surface area contributed by atoms with Gasteiger partial charge in [-0.05, 0) is 14.1 Å². The molecule has 6 heteroatoms.